The number of carbonyl (C=O) groups excluding carboxylic acids is 1. The van der Waals surface area contributed by atoms with Crippen LogP contribution < -0.4 is 4.90 Å². The summed E-state index contributed by atoms with van der Waals surface area (Å²) in [5.74, 6) is -2.51. The molecule has 0 radical (unpaired) electrons. The van der Waals surface area contributed by atoms with Crippen LogP contribution in [0.4, 0.5) is 5.69 Å². The van der Waals surface area contributed by atoms with Gasteiger partial charge in [-0.3, -0.25) is 9.59 Å². The van der Waals surface area contributed by atoms with Crippen molar-refractivity contribution in [3.05, 3.63) is 42.0 Å². The van der Waals surface area contributed by atoms with Crippen molar-refractivity contribution in [3.8, 4) is 0 Å². The van der Waals surface area contributed by atoms with Gasteiger partial charge in [0.2, 0.25) is 5.91 Å². The van der Waals surface area contributed by atoms with Crippen LogP contribution in [0.25, 0.3) is 0 Å². The van der Waals surface area contributed by atoms with E-state index in [1.54, 1.807) is 11.0 Å². The molecule has 0 unspecified atom stereocenters. The van der Waals surface area contributed by atoms with Gasteiger partial charge in [0.05, 0.1) is 18.6 Å². The lowest BCUT2D eigenvalue weighted by atomic mass is 9.77. The van der Waals surface area contributed by atoms with Crippen LogP contribution in [-0.2, 0) is 20.7 Å². The lowest BCUT2D eigenvalue weighted by Gasteiger charge is -2.21. The molecule has 2 saturated heterocycles. The van der Waals surface area contributed by atoms with Gasteiger partial charge in [-0.1, -0.05) is 31.2 Å². The van der Waals surface area contributed by atoms with Crippen molar-refractivity contribution in [2.75, 3.05) is 11.4 Å². The second-order valence-corrected chi connectivity index (χ2v) is 6.18. The molecule has 2 bridgehead atoms. The fraction of sp³-hybridized carbons (Fsp3) is 0.412. The van der Waals surface area contributed by atoms with Gasteiger partial charge in [0.15, 0.2) is 0 Å². The third-order valence-electron chi connectivity index (χ3n) is 5.04. The number of rotatable bonds is 3. The number of anilines is 1. The van der Waals surface area contributed by atoms with E-state index in [1.807, 2.05) is 30.3 Å². The van der Waals surface area contributed by atoms with Gasteiger partial charge in [0.1, 0.15) is 11.5 Å². The Hall–Kier alpha value is -2.14. The molecule has 1 amide bonds. The van der Waals surface area contributed by atoms with E-state index in [0.717, 1.165) is 12.1 Å². The maximum atomic E-state index is 12.8. The van der Waals surface area contributed by atoms with Gasteiger partial charge >= 0.3 is 5.97 Å². The van der Waals surface area contributed by atoms with Crippen LogP contribution in [0.3, 0.4) is 0 Å². The fourth-order valence-electron chi connectivity index (χ4n) is 3.91. The smallest absolute Gasteiger partial charge is 0.310 e. The summed E-state index contributed by atoms with van der Waals surface area (Å²) in [5.41, 5.74) is 1.23. The van der Waals surface area contributed by atoms with Gasteiger partial charge in [0.25, 0.3) is 0 Å². The van der Waals surface area contributed by atoms with Crippen LogP contribution in [0.15, 0.2) is 36.4 Å². The molecular weight excluding hydrogens is 282 g/mol. The first-order valence-corrected chi connectivity index (χ1v) is 7.56. The normalized spacial score (nSPS) is 35.2. The number of hydrogen-bond donors (Lipinski definition) is 1. The molecule has 3 heterocycles. The van der Waals surface area contributed by atoms with Crippen molar-refractivity contribution >= 4 is 17.6 Å². The number of ether oxygens (including phenoxy) is 1. The molecule has 4 rings (SSSR count). The maximum Gasteiger partial charge on any atom is 0.310 e. The highest BCUT2D eigenvalue weighted by Crippen LogP contribution is 2.52. The number of aliphatic carboxylic acids is 1. The maximum absolute atomic E-state index is 12.8. The standard InChI is InChI=1S/C17H17NO4/c1-2-10-3-5-11(6-4-10)18-9-17-8-7-12(22-17)13(16(20)21)14(17)15(18)19/h3-8,12-14H,2,9H2,1H3,(H,20,21)/t12-,13-,14-,17+/m1/s1. The summed E-state index contributed by atoms with van der Waals surface area (Å²) >= 11 is 0. The highest BCUT2D eigenvalue weighted by atomic mass is 16.5. The molecule has 5 heteroatoms. The largest absolute Gasteiger partial charge is 0.481 e. The number of benzene rings is 1. The summed E-state index contributed by atoms with van der Waals surface area (Å²) in [6.45, 7) is 2.47. The van der Waals surface area contributed by atoms with Crippen molar-refractivity contribution in [2.24, 2.45) is 11.8 Å². The van der Waals surface area contributed by atoms with Gasteiger partial charge in [0, 0.05) is 5.69 Å². The number of amides is 1. The van der Waals surface area contributed by atoms with E-state index in [1.165, 1.54) is 5.56 Å². The summed E-state index contributed by atoms with van der Waals surface area (Å²) in [7, 11) is 0. The second kappa shape index (κ2) is 4.43. The molecule has 1 aromatic rings. The Morgan fingerprint density at radius 2 is 2.14 bits per heavy atom. The zero-order chi connectivity index (χ0) is 15.5. The van der Waals surface area contributed by atoms with E-state index < -0.39 is 29.5 Å². The summed E-state index contributed by atoms with van der Waals surface area (Å²) < 4.78 is 5.87. The summed E-state index contributed by atoms with van der Waals surface area (Å²) in [6, 6.07) is 7.83. The van der Waals surface area contributed by atoms with Crippen molar-refractivity contribution in [3.63, 3.8) is 0 Å². The van der Waals surface area contributed by atoms with Crippen LogP contribution in [0, 0.1) is 11.8 Å². The van der Waals surface area contributed by atoms with Crippen LogP contribution in [0.5, 0.6) is 0 Å². The molecular formula is C17H17NO4. The molecule has 0 saturated carbocycles. The topological polar surface area (TPSA) is 66.8 Å². The van der Waals surface area contributed by atoms with Crippen LogP contribution in [0.1, 0.15) is 12.5 Å². The summed E-state index contributed by atoms with van der Waals surface area (Å²) in [4.78, 5) is 26.0. The van der Waals surface area contributed by atoms with Crippen molar-refractivity contribution in [2.45, 2.75) is 25.0 Å². The van der Waals surface area contributed by atoms with Gasteiger partial charge < -0.3 is 14.7 Å². The number of carbonyl (C=O) groups is 2. The number of hydrogen-bond acceptors (Lipinski definition) is 3. The fourth-order valence-corrected chi connectivity index (χ4v) is 3.91. The van der Waals surface area contributed by atoms with E-state index in [-0.39, 0.29) is 5.91 Å². The highest BCUT2D eigenvalue weighted by Gasteiger charge is 2.67. The molecule has 0 aliphatic carbocycles. The van der Waals surface area contributed by atoms with E-state index in [2.05, 4.69) is 6.92 Å². The van der Waals surface area contributed by atoms with Crippen molar-refractivity contribution in [1.29, 1.82) is 0 Å². The number of nitrogens with zero attached hydrogens (tertiary/aromatic N) is 1. The van der Waals surface area contributed by atoms with Gasteiger partial charge in [-0.25, -0.2) is 0 Å². The lowest BCUT2D eigenvalue weighted by Crippen LogP contribution is -2.39. The molecule has 3 aliphatic heterocycles. The molecule has 3 aliphatic rings. The molecule has 2 fully saturated rings. The highest BCUT2D eigenvalue weighted by molar-refractivity contribution is 6.02. The zero-order valence-corrected chi connectivity index (χ0v) is 12.2. The van der Waals surface area contributed by atoms with E-state index in [9.17, 15) is 14.7 Å². The van der Waals surface area contributed by atoms with E-state index in [4.69, 9.17) is 4.74 Å². The first-order chi connectivity index (χ1) is 10.6. The van der Waals surface area contributed by atoms with Crippen LogP contribution >= 0.6 is 0 Å². The number of carboxylic acids is 1. The Morgan fingerprint density at radius 1 is 1.41 bits per heavy atom. The third kappa shape index (κ3) is 1.63. The Bertz CT molecular complexity index is 680. The lowest BCUT2D eigenvalue weighted by molar-refractivity contribution is -0.146. The predicted octanol–water partition coefficient (Wildman–Crippen LogP) is 1.62. The minimum atomic E-state index is -0.960. The van der Waals surface area contributed by atoms with Crippen LogP contribution in [0.2, 0.25) is 0 Å². The number of fused-ring (bicyclic) bond motifs is 1. The van der Waals surface area contributed by atoms with E-state index in [0.29, 0.717) is 6.54 Å². The molecule has 5 nitrogen and oxygen atoms in total. The number of carboxylic acid groups (broad SMARTS) is 1. The monoisotopic (exact) mass is 299 g/mol. The minimum absolute atomic E-state index is 0.150. The van der Waals surface area contributed by atoms with Gasteiger partial charge in [-0.05, 0) is 24.1 Å². The average Bonchev–Trinajstić information content (AvgIpc) is 3.15. The molecule has 1 spiro atoms. The Kier molecular flexibility index (Phi) is 2.72. The van der Waals surface area contributed by atoms with Crippen molar-refractivity contribution in [1.82, 2.24) is 0 Å². The Morgan fingerprint density at radius 3 is 2.77 bits per heavy atom. The Labute approximate surface area is 128 Å². The average molecular weight is 299 g/mol. The molecule has 114 valence electrons. The van der Waals surface area contributed by atoms with Gasteiger partial charge in [-0.15, -0.1) is 0 Å². The second-order valence-electron chi connectivity index (χ2n) is 6.18. The quantitative estimate of drug-likeness (QED) is 0.861. The molecule has 22 heavy (non-hydrogen) atoms. The van der Waals surface area contributed by atoms with E-state index >= 15 is 0 Å². The molecule has 4 atom stereocenters. The Balaban J connectivity index is 1.70. The zero-order valence-electron chi connectivity index (χ0n) is 12.2. The summed E-state index contributed by atoms with van der Waals surface area (Å²) in [6.07, 6.45) is 4.12. The first kappa shape index (κ1) is 13.5. The SMILES string of the molecule is CCc1ccc(N2C[C@]34C=C[C@@H](O3)[C@@H](C(=O)O)[C@@H]4C2=O)cc1. The molecule has 0 aromatic heterocycles. The molecule has 1 aromatic carbocycles. The van der Waals surface area contributed by atoms with Crippen LogP contribution in [-0.4, -0.2) is 35.2 Å². The number of aryl methyl sites for hydroxylation is 1. The third-order valence-corrected chi connectivity index (χ3v) is 5.04. The minimum Gasteiger partial charge on any atom is -0.481 e. The van der Waals surface area contributed by atoms with Gasteiger partial charge in [-0.2, -0.15) is 0 Å². The summed E-state index contributed by atoms with van der Waals surface area (Å²) in [5, 5.41) is 9.44. The first-order valence-electron chi connectivity index (χ1n) is 7.56. The van der Waals surface area contributed by atoms with Crippen molar-refractivity contribution < 1.29 is 19.4 Å². The predicted molar refractivity (Wildman–Crippen MR) is 79.5 cm³/mol. The molecule has 1 N–H and O–H groups in total.